The van der Waals surface area contributed by atoms with Crippen LogP contribution < -0.4 is 0 Å². The first-order valence-corrected chi connectivity index (χ1v) is 6.15. The summed E-state index contributed by atoms with van der Waals surface area (Å²) in [5.74, 6) is -1.88. The van der Waals surface area contributed by atoms with E-state index < -0.39 is 11.9 Å². The van der Waals surface area contributed by atoms with Gasteiger partial charge in [-0.1, -0.05) is 52.3 Å². The molecular formula is C14H11BrO3. The second kappa shape index (κ2) is 5.23. The predicted molar refractivity (Wildman–Crippen MR) is 71.7 cm³/mol. The minimum absolute atomic E-state index is 0.0272. The Balaban J connectivity index is 2.52. The summed E-state index contributed by atoms with van der Waals surface area (Å²) >= 11 is 3.23. The van der Waals surface area contributed by atoms with E-state index in [-0.39, 0.29) is 5.75 Å². The Bertz CT molecular complexity index is 567. The van der Waals surface area contributed by atoms with Gasteiger partial charge in [0.2, 0.25) is 0 Å². The number of rotatable bonds is 3. The quantitative estimate of drug-likeness (QED) is 0.914. The van der Waals surface area contributed by atoms with Gasteiger partial charge >= 0.3 is 5.97 Å². The maximum Gasteiger partial charge on any atom is 0.315 e. The van der Waals surface area contributed by atoms with Crippen LogP contribution in [0.25, 0.3) is 0 Å². The van der Waals surface area contributed by atoms with Crippen LogP contribution in [0.15, 0.2) is 53.0 Å². The lowest BCUT2D eigenvalue weighted by Crippen LogP contribution is -2.13. The molecule has 0 aromatic heterocycles. The molecule has 0 spiro atoms. The van der Waals surface area contributed by atoms with Gasteiger partial charge in [-0.05, 0) is 17.7 Å². The number of phenols is 1. The maximum atomic E-state index is 11.4. The molecule has 2 aromatic rings. The lowest BCUT2D eigenvalue weighted by Gasteiger charge is -2.14. The summed E-state index contributed by atoms with van der Waals surface area (Å²) in [6, 6.07) is 13.7. The van der Waals surface area contributed by atoms with Crippen LogP contribution in [-0.4, -0.2) is 16.2 Å². The number of hydrogen-bond acceptors (Lipinski definition) is 2. The summed E-state index contributed by atoms with van der Waals surface area (Å²) in [6.07, 6.45) is 0. The molecule has 2 aromatic carbocycles. The van der Waals surface area contributed by atoms with Crippen molar-refractivity contribution in [2.24, 2.45) is 0 Å². The number of halogens is 1. The highest BCUT2D eigenvalue weighted by Gasteiger charge is 2.24. The molecule has 0 aliphatic carbocycles. The number of carboxylic acid groups (broad SMARTS) is 1. The van der Waals surface area contributed by atoms with Gasteiger partial charge in [0.05, 0.1) is 0 Å². The van der Waals surface area contributed by atoms with Crippen molar-refractivity contribution >= 4 is 21.9 Å². The molecule has 3 nitrogen and oxygen atoms in total. The van der Waals surface area contributed by atoms with Crippen molar-refractivity contribution < 1.29 is 15.0 Å². The fraction of sp³-hybridized carbons (Fsp3) is 0.0714. The zero-order valence-corrected chi connectivity index (χ0v) is 11.0. The molecule has 18 heavy (non-hydrogen) atoms. The molecule has 1 atom stereocenters. The van der Waals surface area contributed by atoms with Gasteiger partial charge in [0.25, 0.3) is 0 Å². The van der Waals surface area contributed by atoms with Crippen LogP contribution in [0, 0.1) is 0 Å². The monoisotopic (exact) mass is 306 g/mol. The Hall–Kier alpha value is -1.81. The summed E-state index contributed by atoms with van der Waals surface area (Å²) in [5.41, 5.74) is 1.03. The molecule has 2 rings (SSSR count). The van der Waals surface area contributed by atoms with Crippen molar-refractivity contribution in [1.29, 1.82) is 0 Å². The van der Waals surface area contributed by atoms with Crippen molar-refractivity contribution in [3.63, 3.8) is 0 Å². The molecule has 0 heterocycles. The van der Waals surface area contributed by atoms with Crippen LogP contribution in [-0.2, 0) is 4.79 Å². The highest BCUT2D eigenvalue weighted by Crippen LogP contribution is 2.33. The fourth-order valence-corrected chi connectivity index (χ4v) is 2.21. The molecule has 0 aliphatic heterocycles. The SMILES string of the molecule is O=C(O)[C@@H](c1ccccc1)c1ccc(Br)cc1O. The molecule has 0 saturated heterocycles. The number of carbonyl (C=O) groups is 1. The number of benzene rings is 2. The topological polar surface area (TPSA) is 57.5 Å². The molecule has 4 heteroatoms. The largest absolute Gasteiger partial charge is 0.508 e. The van der Waals surface area contributed by atoms with Gasteiger partial charge in [-0.25, -0.2) is 0 Å². The molecule has 0 unspecified atom stereocenters. The van der Waals surface area contributed by atoms with Crippen LogP contribution in [0.2, 0.25) is 0 Å². The summed E-state index contributed by atoms with van der Waals surface area (Å²) in [4.78, 5) is 11.4. The average Bonchev–Trinajstić information content (AvgIpc) is 2.33. The Morgan fingerprint density at radius 1 is 1.11 bits per heavy atom. The number of phenolic OH excluding ortho intramolecular Hbond substituents is 1. The number of hydrogen-bond donors (Lipinski definition) is 2. The first kappa shape index (κ1) is 12.6. The first-order valence-electron chi connectivity index (χ1n) is 5.36. The molecule has 0 radical (unpaired) electrons. The molecule has 0 saturated carbocycles. The third kappa shape index (κ3) is 2.54. The molecule has 0 fully saturated rings. The van der Waals surface area contributed by atoms with Gasteiger partial charge in [-0.3, -0.25) is 4.79 Å². The van der Waals surface area contributed by atoms with E-state index in [1.165, 1.54) is 6.07 Å². The van der Waals surface area contributed by atoms with E-state index in [4.69, 9.17) is 0 Å². The molecule has 2 N–H and O–H groups in total. The highest BCUT2D eigenvalue weighted by atomic mass is 79.9. The van der Waals surface area contributed by atoms with Gasteiger partial charge in [0, 0.05) is 10.0 Å². The van der Waals surface area contributed by atoms with Gasteiger partial charge in [-0.2, -0.15) is 0 Å². The van der Waals surface area contributed by atoms with Crippen LogP contribution >= 0.6 is 15.9 Å². The summed E-state index contributed by atoms with van der Waals surface area (Å²) in [7, 11) is 0. The molecule has 92 valence electrons. The predicted octanol–water partition coefficient (Wildman–Crippen LogP) is 3.37. The zero-order valence-electron chi connectivity index (χ0n) is 9.38. The van der Waals surface area contributed by atoms with E-state index in [9.17, 15) is 15.0 Å². The van der Waals surface area contributed by atoms with Gasteiger partial charge < -0.3 is 10.2 Å². The van der Waals surface area contributed by atoms with Crippen molar-refractivity contribution in [3.05, 3.63) is 64.1 Å². The van der Waals surface area contributed by atoms with Crippen LogP contribution in [0.4, 0.5) is 0 Å². The van der Waals surface area contributed by atoms with Crippen LogP contribution in [0.3, 0.4) is 0 Å². The second-order valence-corrected chi connectivity index (χ2v) is 4.80. The van der Waals surface area contributed by atoms with E-state index in [0.29, 0.717) is 15.6 Å². The zero-order chi connectivity index (χ0) is 13.1. The summed E-state index contributed by atoms with van der Waals surface area (Å²) < 4.78 is 0.709. The van der Waals surface area contributed by atoms with Gasteiger partial charge in [-0.15, -0.1) is 0 Å². The molecule has 0 amide bonds. The van der Waals surface area contributed by atoms with Crippen molar-refractivity contribution in [3.8, 4) is 5.75 Å². The lowest BCUT2D eigenvalue weighted by molar-refractivity contribution is -0.137. The minimum Gasteiger partial charge on any atom is -0.508 e. The van der Waals surface area contributed by atoms with Crippen LogP contribution in [0.1, 0.15) is 17.0 Å². The standard InChI is InChI=1S/C14H11BrO3/c15-10-6-7-11(12(16)8-10)13(14(17)18)9-4-2-1-3-5-9/h1-8,13,16H,(H,17,18)/t13-/m0/s1. The number of carboxylic acids is 1. The van der Waals surface area contributed by atoms with E-state index in [1.54, 1.807) is 36.4 Å². The third-order valence-corrected chi connectivity index (χ3v) is 3.18. The third-order valence-electron chi connectivity index (χ3n) is 2.68. The lowest BCUT2D eigenvalue weighted by atomic mass is 9.91. The van der Waals surface area contributed by atoms with Crippen LogP contribution in [0.5, 0.6) is 5.75 Å². The normalized spacial score (nSPS) is 12.1. The Morgan fingerprint density at radius 2 is 1.78 bits per heavy atom. The van der Waals surface area contributed by atoms with Crippen molar-refractivity contribution in [2.75, 3.05) is 0 Å². The fourth-order valence-electron chi connectivity index (χ4n) is 1.86. The summed E-state index contributed by atoms with van der Waals surface area (Å²) in [6.45, 7) is 0. The van der Waals surface area contributed by atoms with E-state index >= 15 is 0 Å². The molecule has 0 aliphatic rings. The maximum absolute atomic E-state index is 11.4. The van der Waals surface area contributed by atoms with E-state index in [0.717, 1.165) is 0 Å². The Morgan fingerprint density at radius 3 is 2.33 bits per heavy atom. The minimum atomic E-state index is -0.987. The first-order chi connectivity index (χ1) is 8.59. The smallest absolute Gasteiger partial charge is 0.315 e. The number of aliphatic carboxylic acids is 1. The van der Waals surface area contributed by atoms with E-state index in [1.807, 2.05) is 6.07 Å². The second-order valence-electron chi connectivity index (χ2n) is 3.89. The van der Waals surface area contributed by atoms with Crippen molar-refractivity contribution in [2.45, 2.75) is 5.92 Å². The average molecular weight is 307 g/mol. The summed E-state index contributed by atoms with van der Waals surface area (Å²) in [5, 5.41) is 19.2. The molecular weight excluding hydrogens is 296 g/mol. The van der Waals surface area contributed by atoms with E-state index in [2.05, 4.69) is 15.9 Å². The Kier molecular flexibility index (Phi) is 3.67. The number of aromatic hydroxyl groups is 1. The van der Waals surface area contributed by atoms with Gasteiger partial charge in [0.15, 0.2) is 0 Å². The highest BCUT2D eigenvalue weighted by molar-refractivity contribution is 9.10. The molecule has 0 bridgehead atoms. The Labute approximate surface area is 113 Å². The van der Waals surface area contributed by atoms with Crippen molar-refractivity contribution in [1.82, 2.24) is 0 Å². The van der Waals surface area contributed by atoms with Gasteiger partial charge in [0.1, 0.15) is 11.7 Å².